The van der Waals surface area contributed by atoms with Gasteiger partial charge in [0.2, 0.25) is 5.95 Å². The first-order valence-electron chi connectivity index (χ1n) is 12.5. The summed E-state index contributed by atoms with van der Waals surface area (Å²) in [5, 5.41) is 34.8. The first-order chi connectivity index (χ1) is 18.9. The molecular formula is C29H27N5O5. The van der Waals surface area contributed by atoms with E-state index in [4.69, 9.17) is 10.5 Å². The number of aliphatic hydroxyl groups is 3. The van der Waals surface area contributed by atoms with E-state index in [1.807, 2.05) is 91.0 Å². The Hall–Kier alpha value is -4.35. The van der Waals surface area contributed by atoms with Crippen molar-refractivity contribution in [2.24, 2.45) is 0 Å². The zero-order valence-electron chi connectivity index (χ0n) is 20.7. The van der Waals surface area contributed by atoms with Crippen molar-refractivity contribution in [2.45, 2.75) is 36.1 Å². The van der Waals surface area contributed by atoms with Gasteiger partial charge in [0.25, 0.3) is 5.56 Å². The summed E-state index contributed by atoms with van der Waals surface area (Å²) < 4.78 is 7.57. The molecule has 3 heterocycles. The van der Waals surface area contributed by atoms with E-state index in [9.17, 15) is 20.1 Å². The molecule has 0 saturated carbocycles. The molecular weight excluding hydrogens is 498 g/mol. The Kier molecular flexibility index (Phi) is 6.24. The van der Waals surface area contributed by atoms with Gasteiger partial charge in [-0.15, -0.1) is 0 Å². The standard InChI is InChI=1S/C29H27N5O5/c30-28-32-25-20(26(38)33-28)31-16-34(25)27-22(36)21(35)23(39-27)24(37)29(17-10-4-1-5-11-17,18-12-6-2-7-13-18)19-14-8-3-9-15-19/h1-16,21-24,27,35-37H,(H3,30,32,33,38)/t21-,22+,23-,24?,27+/m0/s1. The molecule has 3 aromatic carbocycles. The molecule has 1 fully saturated rings. The number of ether oxygens (including phenoxy) is 1. The second-order valence-corrected chi connectivity index (χ2v) is 9.60. The van der Waals surface area contributed by atoms with Gasteiger partial charge in [0.05, 0.1) is 11.7 Å². The summed E-state index contributed by atoms with van der Waals surface area (Å²) in [5.74, 6) is -0.130. The van der Waals surface area contributed by atoms with Crippen molar-refractivity contribution < 1.29 is 20.1 Å². The molecule has 1 saturated heterocycles. The molecule has 0 spiro atoms. The molecule has 1 unspecified atom stereocenters. The molecule has 1 aliphatic heterocycles. The molecule has 10 heteroatoms. The summed E-state index contributed by atoms with van der Waals surface area (Å²) >= 11 is 0. The lowest BCUT2D eigenvalue weighted by Gasteiger charge is -2.42. The third-order valence-electron chi connectivity index (χ3n) is 7.44. The molecule has 6 rings (SSSR count). The number of imidazole rings is 1. The number of rotatable bonds is 6. The number of hydrogen-bond donors (Lipinski definition) is 5. The van der Waals surface area contributed by atoms with Crippen LogP contribution in [0.4, 0.5) is 5.95 Å². The van der Waals surface area contributed by atoms with Crippen molar-refractivity contribution in [1.82, 2.24) is 19.5 Å². The lowest BCUT2D eigenvalue weighted by atomic mass is 9.64. The van der Waals surface area contributed by atoms with E-state index in [2.05, 4.69) is 15.0 Å². The van der Waals surface area contributed by atoms with Gasteiger partial charge in [-0.05, 0) is 16.7 Å². The normalized spacial score (nSPS) is 22.2. The molecule has 198 valence electrons. The number of aromatic amines is 1. The van der Waals surface area contributed by atoms with E-state index in [-0.39, 0.29) is 17.1 Å². The summed E-state index contributed by atoms with van der Waals surface area (Å²) in [6, 6.07) is 28.5. The van der Waals surface area contributed by atoms with Gasteiger partial charge in [0, 0.05) is 0 Å². The van der Waals surface area contributed by atoms with E-state index >= 15 is 0 Å². The molecule has 6 N–H and O–H groups in total. The molecule has 5 atom stereocenters. The molecule has 0 bridgehead atoms. The Labute approximate surface area is 223 Å². The summed E-state index contributed by atoms with van der Waals surface area (Å²) in [5.41, 5.74) is 6.43. The summed E-state index contributed by atoms with van der Waals surface area (Å²) in [7, 11) is 0. The van der Waals surface area contributed by atoms with Crippen molar-refractivity contribution >= 4 is 17.1 Å². The van der Waals surface area contributed by atoms with Crippen LogP contribution in [0.3, 0.4) is 0 Å². The summed E-state index contributed by atoms with van der Waals surface area (Å²) in [6.45, 7) is 0. The molecule has 0 radical (unpaired) electrons. The van der Waals surface area contributed by atoms with Crippen LogP contribution < -0.4 is 11.3 Å². The summed E-state index contributed by atoms with van der Waals surface area (Å²) in [6.07, 6.45) is -5.47. The third-order valence-corrected chi connectivity index (χ3v) is 7.44. The highest BCUT2D eigenvalue weighted by atomic mass is 16.6. The van der Waals surface area contributed by atoms with E-state index < -0.39 is 41.6 Å². The lowest BCUT2D eigenvalue weighted by molar-refractivity contribution is -0.0972. The Balaban J connectivity index is 1.51. The van der Waals surface area contributed by atoms with Crippen LogP contribution in [-0.4, -0.2) is 59.3 Å². The number of anilines is 1. The highest BCUT2D eigenvalue weighted by Crippen LogP contribution is 2.46. The van der Waals surface area contributed by atoms with Gasteiger partial charge in [-0.1, -0.05) is 91.0 Å². The van der Waals surface area contributed by atoms with Gasteiger partial charge >= 0.3 is 0 Å². The van der Waals surface area contributed by atoms with Gasteiger partial charge in [-0.2, -0.15) is 4.98 Å². The van der Waals surface area contributed by atoms with Crippen molar-refractivity contribution in [3.8, 4) is 0 Å². The van der Waals surface area contributed by atoms with Gasteiger partial charge in [-0.25, -0.2) is 4.98 Å². The van der Waals surface area contributed by atoms with Crippen molar-refractivity contribution in [1.29, 1.82) is 0 Å². The van der Waals surface area contributed by atoms with E-state index in [0.29, 0.717) is 0 Å². The zero-order valence-corrected chi connectivity index (χ0v) is 20.7. The second-order valence-electron chi connectivity index (χ2n) is 9.60. The van der Waals surface area contributed by atoms with Crippen LogP contribution in [0.15, 0.2) is 102 Å². The fourth-order valence-electron chi connectivity index (χ4n) is 5.67. The maximum absolute atomic E-state index is 12.3. The average molecular weight is 526 g/mol. The number of fused-ring (bicyclic) bond motifs is 1. The van der Waals surface area contributed by atoms with Crippen LogP contribution in [0.5, 0.6) is 0 Å². The largest absolute Gasteiger partial charge is 0.389 e. The quantitative estimate of drug-likeness (QED) is 0.210. The minimum Gasteiger partial charge on any atom is -0.389 e. The number of H-pyrrole nitrogens is 1. The fraction of sp³-hybridized carbons (Fsp3) is 0.207. The minimum absolute atomic E-state index is 0.00527. The van der Waals surface area contributed by atoms with Crippen LogP contribution in [0.25, 0.3) is 11.2 Å². The van der Waals surface area contributed by atoms with Gasteiger partial charge in [0.15, 0.2) is 17.4 Å². The van der Waals surface area contributed by atoms with Crippen molar-refractivity contribution in [3.05, 3.63) is 124 Å². The van der Waals surface area contributed by atoms with Gasteiger partial charge in [0.1, 0.15) is 24.4 Å². The van der Waals surface area contributed by atoms with Gasteiger partial charge in [-0.3, -0.25) is 14.3 Å². The Morgan fingerprint density at radius 1 is 0.872 bits per heavy atom. The van der Waals surface area contributed by atoms with Crippen LogP contribution in [0.2, 0.25) is 0 Å². The maximum Gasteiger partial charge on any atom is 0.280 e. The second kappa shape index (κ2) is 9.75. The molecule has 5 aromatic rings. The monoisotopic (exact) mass is 525 g/mol. The van der Waals surface area contributed by atoms with Crippen molar-refractivity contribution in [3.63, 3.8) is 0 Å². The Bertz CT molecular complexity index is 1540. The molecule has 0 aliphatic carbocycles. The topological polar surface area (TPSA) is 160 Å². The maximum atomic E-state index is 12.3. The highest BCUT2D eigenvalue weighted by molar-refractivity contribution is 5.70. The molecule has 0 amide bonds. The predicted octanol–water partition coefficient (Wildman–Crippen LogP) is 1.72. The molecule has 39 heavy (non-hydrogen) atoms. The summed E-state index contributed by atoms with van der Waals surface area (Å²) in [4.78, 5) is 22.9. The van der Waals surface area contributed by atoms with Gasteiger partial charge < -0.3 is 25.8 Å². The predicted molar refractivity (Wildman–Crippen MR) is 144 cm³/mol. The first-order valence-corrected chi connectivity index (χ1v) is 12.5. The number of nitrogen functional groups attached to an aromatic ring is 1. The van der Waals surface area contributed by atoms with E-state index in [1.54, 1.807) is 0 Å². The smallest absolute Gasteiger partial charge is 0.280 e. The van der Waals surface area contributed by atoms with Crippen LogP contribution in [-0.2, 0) is 10.2 Å². The average Bonchev–Trinajstić information content (AvgIpc) is 3.51. The van der Waals surface area contributed by atoms with E-state index in [1.165, 1.54) is 10.9 Å². The Morgan fingerprint density at radius 2 is 1.38 bits per heavy atom. The molecule has 1 aliphatic rings. The number of aromatic nitrogens is 4. The lowest BCUT2D eigenvalue weighted by Crippen LogP contribution is -2.52. The SMILES string of the molecule is Nc1nc2c(ncn2[C@@H]2O[C@H](C(O)C(c3ccccc3)(c3ccccc3)c3ccccc3)[C@@H](O)[C@H]2O)c(=O)[nH]1. The number of nitrogens with zero attached hydrogens (tertiary/aromatic N) is 3. The Morgan fingerprint density at radius 3 is 1.90 bits per heavy atom. The van der Waals surface area contributed by atoms with Crippen molar-refractivity contribution in [2.75, 3.05) is 5.73 Å². The third kappa shape index (κ3) is 3.93. The van der Waals surface area contributed by atoms with Crippen LogP contribution in [0.1, 0.15) is 22.9 Å². The number of nitrogens with two attached hydrogens (primary N) is 1. The first kappa shape index (κ1) is 25.0. The number of aliphatic hydroxyl groups excluding tert-OH is 3. The van der Waals surface area contributed by atoms with Crippen LogP contribution >= 0.6 is 0 Å². The number of hydrogen-bond acceptors (Lipinski definition) is 8. The van der Waals surface area contributed by atoms with E-state index in [0.717, 1.165) is 16.7 Å². The minimum atomic E-state index is -1.49. The van der Waals surface area contributed by atoms with Crippen LogP contribution in [0, 0.1) is 0 Å². The highest BCUT2D eigenvalue weighted by Gasteiger charge is 2.55. The fourth-order valence-corrected chi connectivity index (χ4v) is 5.67. The molecule has 2 aromatic heterocycles. The number of benzene rings is 3. The zero-order chi connectivity index (χ0) is 27.1. The molecule has 10 nitrogen and oxygen atoms in total. The number of nitrogens with one attached hydrogen (secondary N) is 1.